The largest absolute Gasteiger partial charge is 0.416 e. The minimum Gasteiger partial charge on any atom is -0.352 e. The Kier molecular flexibility index (Phi) is 7.33. The number of allylic oxidation sites excluding steroid dienone is 1. The summed E-state index contributed by atoms with van der Waals surface area (Å²) in [4.78, 5) is 15.4. The van der Waals surface area contributed by atoms with Crippen molar-refractivity contribution in [1.29, 1.82) is 0 Å². The number of carbonyl (C=O) groups excluding carboxylic acids is 1. The van der Waals surface area contributed by atoms with Crippen molar-refractivity contribution in [2.75, 3.05) is 19.6 Å². The SMILES string of the molecule is C[C@H]1CN(CC[C@@H](C(=O)NCc2cc(C(F)(F)F)cc(C(F)(F)F)c2)C2CC2)CC[C@@]12C=Cc1ccccc12. The van der Waals surface area contributed by atoms with Crippen LogP contribution in [0.15, 0.2) is 48.5 Å². The average molecular weight is 551 g/mol. The summed E-state index contributed by atoms with van der Waals surface area (Å²) in [5.74, 6) is -0.0210. The van der Waals surface area contributed by atoms with Crippen molar-refractivity contribution >= 4 is 12.0 Å². The molecule has 0 bridgehead atoms. The number of rotatable bonds is 7. The maximum atomic E-state index is 13.2. The van der Waals surface area contributed by atoms with Crippen LogP contribution in [-0.2, 0) is 29.1 Å². The van der Waals surface area contributed by atoms with Gasteiger partial charge < -0.3 is 10.2 Å². The number of benzene rings is 2. The molecular weight excluding hydrogens is 518 g/mol. The predicted molar refractivity (Wildman–Crippen MR) is 136 cm³/mol. The van der Waals surface area contributed by atoms with Crippen LogP contribution in [0, 0.1) is 17.8 Å². The molecule has 2 aromatic rings. The molecule has 3 nitrogen and oxygen atoms in total. The van der Waals surface area contributed by atoms with Crippen LogP contribution in [0.5, 0.6) is 0 Å². The van der Waals surface area contributed by atoms with Gasteiger partial charge >= 0.3 is 12.4 Å². The highest BCUT2D eigenvalue weighted by atomic mass is 19.4. The lowest BCUT2D eigenvalue weighted by molar-refractivity contribution is -0.143. The number of carbonyl (C=O) groups is 1. The number of nitrogens with zero attached hydrogens (tertiary/aromatic N) is 1. The molecule has 0 aromatic heterocycles. The van der Waals surface area contributed by atoms with Crippen LogP contribution in [-0.4, -0.2) is 30.4 Å². The van der Waals surface area contributed by atoms with Gasteiger partial charge in [0.05, 0.1) is 11.1 Å². The third kappa shape index (κ3) is 5.88. The molecule has 1 aliphatic heterocycles. The predicted octanol–water partition coefficient (Wildman–Crippen LogP) is 7.06. The number of hydrogen-bond donors (Lipinski definition) is 1. The van der Waals surface area contributed by atoms with E-state index in [2.05, 4.69) is 47.5 Å². The molecule has 1 heterocycles. The summed E-state index contributed by atoms with van der Waals surface area (Å²) in [5, 5.41) is 2.62. The van der Waals surface area contributed by atoms with Gasteiger partial charge in [-0.25, -0.2) is 0 Å². The Bertz CT molecular complexity index is 1220. The number of piperidine rings is 1. The topological polar surface area (TPSA) is 32.3 Å². The van der Waals surface area contributed by atoms with Crippen molar-refractivity contribution < 1.29 is 31.1 Å². The Morgan fingerprint density at radius 3 is 2.33 bits per heavy atom. The van der Waals surface area contributed by atoms with E-state index in [0.29, 0.717) is 24.5 Å². The van der Waals surface area contributed by atoms with Crippen LogP contribution < -0.4 is 5.32 Å². The van der Waals surface area contributed by atoms with Gasteiger partial charge in [0.2, 0.25) is 5.91 Å². The molecule has 1 spiro atoms. The number of likely N-dealkylation sites (tertiary alicyclic amines) is 1. The maximum Gasteiger partial charge on any atom is 0.416 e. The lowest BCUT2D eigenvalue weighted by Gasteiger charge is -2.44. The summed E-state index contributed by atoms with van der Waals surface area (Å²) >= 11 is 0. The van der Waals surface area contributed by atoms with Crippen molar-refractivity contribution in [3.05, 3.63) is 76.4 Å². The monoisotopic (exact) mass is 550 g/mol. The summed E-state index contributed by atoms with van der Waals surface area (Å²) in [6.45, 7) is 4.38. The highest BCUT2D eigenvalue weighted by Gasteiger charge is 2.44. The van der Waals surface area contributed by atoms with Gasteiger partial charge in [0, 0.05) is 24.4 Å². The molecule has 1 saturated heterocycles. The van der Waals surface area contributed by atoms with E-state index in [9.17, 15) is 31.1 Å². The first-order valence-corrected chi connectivity index (χ1v) is 13.4. The number of amides is 1. The van der Waals surface area contributed by atoms with Gasteiger partial charge in [-0.05, 0) is 85.5 Å². The van der Waals surface area contributed by atoms with Crippen LogP contribution in [0.4, 0.5) is 26.3 Å². The Morgan fingerprint density at radius 2 is 1.72 bits per heavy atom. The van der Waals surface area contributed by atoms with Crippen molar-refractivity contribution in [2.45, 2.75) is 56.9 Å². The molecule has 2 aliphatic carbocycles. The summed E-state index contributed by atoms with van der Waals surface area (Å²) in [5.41, 5.74) is -0.308. The lowest BCUT2D eigenvalue weighted by atomic mass is 9.68. The van der Waals surface area contributed by atoms with Crippen molar-refractivity contribution in [1.82, 2.24) is 10.2 Å². The average Bonchev–Trinajstić information content (AvgIpc) is 3.65. The zero-order chi connectivity index (χ0) is 28.0. The zero-order valence-electron chi connectivity index (χ0n) is 21.7. The minimum atomic E-state index is -4.92. The molecule has 1 saturated carbocycles. The van der Waals surface area contributed by atoms with E-state index in [4.69, 9.17) is 0 Å². The fourth-order valence-electron chi connectivity index (χ4n) is 6.32. The van der Waals surface area contributed by atoms with Crippen LogP contribution in [0.1, 0.15) is 60.4 Å². The van der Waals surface area contributed by atoms with E-state index in [1.54, 1.807) is 0 Å². The first-order valence-electron chi connectivity index (χ1n) is 13.4. The van der Waals surface area contributed by atoms with Crippen LogP contribution >= 0.6 is 0 Å². The van der Waals surface area contributed by atoms with E-state index in [0.717, 1.165) is 38.9 Å². The Hall–Kier alpha value is -2.81. The molecule has 0 radical (unpaired) electrons. The maximum absolute atomic E-state index is 13.2. The number of nitrogens with one attached hydrogen (secondary N) is 1. The van der Waals surface area contributed by atoms with Crippen molar-refractivity contribution in [3.8, 4) is 0 Å². The molecule has 0 unspecified atom stereocenters. The molecule has 9 heteroatoms. The molecule has 5 rings (SSSR count). The quantitative estimate of drug-likeness (QED) is 0.374. The van der Waals surface area contributed by atoms with Gasteiger partial charge in [-0.1, -0.05) is 43.3 Å². The second-order valence-corrected chi connectivity index (χ2v) is 11.3. The molecule has 2 fully saturated rings. The Morgan fingerprint density at radius 1 is 1.05 bits per heavy atom. The van der Waals surface area contributed by atoms with Crippen molar-refractivity contribution in [2.24, 2.45) is 17.8 Å². The molecule has 39 heavy (non-hydrogen) atoms. The Labute approximate surface area is 224 Å². The summed E-state index contributed by atoms with van der Waals surface area (Å²) in [6, 6.07) is 9.91. The first kappa shape index (κ1) is 27.7. The zero-order valence-corrected chi connectivity index (χ0v) is 21.7. The number of halogens is 6. The van der Waals surface area contributed by atoms with E-state index < -0.39 is 23.5 Å². The van der Waals surface area contributed by atoms with Gasteiger partial charge in [0.25, 0.3) is 0 Å². The van der Waals surface area contributed by atoms with E-state index in [-0.39, 0.29) is 41.3 Å². The summed E-state index contributed by atoms with van der Waals surface area (Å²) < 4.78 is 79.1. The summed E-state index contributed by atoms with van der Waals surface area (Å²) in [6.07, 6.45) is -1.90. The van der Waals surface area contributed by atoms with E-state index in [1.807, 2.05) is 6.07 Å². The molecule has 1 N–H and O–H groups in total. The van der Waals surface area contributed by atoms with Crippen LogP contribution in [0.25, 0.3) is 6.08 Å². The number of fused-ring (bicyclic) bond motifs is 2. The molecule has 2 aromatic carbocycles. The first-order chi connectivity index (χ1) is 18.4. The molecule has 210 valence electrons. The molecule has 1 amide bonds. The van der Waals surface area contributed by atoms with Gasteiger partial charge in [-0.15, -0.1) is 0 Å². The third-order valence-corrected chi connectivity index (χ3v) is 8.67. The molecular formula is C30H32F6N2O. The fourth-order valence-corrected chi connectivity index (χ4v) is 6.32. The number of hydrogen-bond acceptors (Lipinski definition) is 2. The van der Waals surface area contributed by atoms with Gasteiger partial charge in [0.15, 0.2) is 0 Å². The van der Waals surface area contributed by atoms with Gasteiger partial charge in [-0.3, -0.25) is 4.79 Å². The van der Waals surface area contributed by atoms with Crippen molar-refractivity contribution in [3.63, 3.8) is 0 Å². The number of alkyl halides is 6. The van der Waals surface area contributed by atoms with Crippen LogP contribution in [0.2, 0.25) is 0 Å². The Balaban J connectivity index is 1.20. The second kappa shape index (κ2) is 10.3. The van der Waals surface area contributed by atoms with E-state index in [1.165, 1.54) is 11.1 Å². The van der Waals surface area contributed by atoms with Gasteiger partial charge in [-0.2, -0.15) is 26.3 Å². The second-order valence-electron chi connectivity index (χ2n) is 11.3. The third-order valence-electron chi connectivity index (χ3n) is 8.67. The highest BCUT2D eigenvalue weighted by Crippen LogP contribution is 2.47. The minimum absolute atomic E-state index is 0.0284. The highest BCUT2D eigenvalue weighted by molar-refractivity contribution is 5.79. The summed E-state index contributed by atoms with van der Waals surface area (Å²) in [7, 11) is 0. The normalized spacial score (nSPS) is 24.1. The molecule has 3 atom stereocenters. The standard InChI is InChI=1S/C30H32F6N2O/c1-19-18-38(13-11-28(19)10-8-22-4-2-3-5-26(22)28)12-9-25(21-6-7-21)27(39)37-17-20-14-23(29(31,32)33)16-24(15-20)30(34,35)36/h2-5,8,10,14-16,19,21,25H,6-7,9,11-13,17-18H2,1H3,(H,37,39)/t19-,25+,28-/m0/s1. The van der Waals surface area contributed by atoms with E-state index >= 15 is 0 Å². The lowest BCUT2D eigenvalue weighted by Crippen LogP contribution is -2.48. The molecule has 3 aliphatic rings. The fraction of sp³-hybridized carbons (Fsp3) is 0.500. The smallest absolute Gasteiger partial charge is 0.352 e. The van der Waals surface area contributed by atoms with Gasteiger partial charge in [0.1, 0.15) is 0 Å². The van der Waals surface area contributed by atoms with Crippen LogP contribution in [0.3, 0.4) is 0 Å².